The number of halogens is 2. The number of carbonyl (C=O) groups excluding carboxylic acids is 1. The fourth-order valence-corrected chi connectivity index (χ4v) is 2.55. The van der Waals surface area contributed by atoms with Gasteiger partial charge in [-0.25, -0.2) is 0 Å². The molecule has 0 bridgehead atoms. The third-order valence-electron chi connectivity index (χ3n) is 2.95. The van der Waals surface area contributed by atoms with Gasteiger partial charge in [0.2, 0.25) is 5.91 Å². The number of hydrogen-bond donors (Lipinski definition) is 2. The molecule has 0 saturated carbocycles. The van der Waals surface area contributed by atoms with Crippen molar-refractivity contribution < 1.29 is 9.53 Å². The minimum atomic E-state index is -0.688. The summed E-state index contributed by atoms with van der Waals surface area (Å²) >= 11 is 9.40. The van der Waals surface area contributed by atoms with Crippen LogP contribution in [0.2, 0.25) is 5.02 Å². The molecular weight excluding hydrogens is 356 g/mol. The molecule has 0 aliphatic heterocycles. The Morgan fingerprint density at radius 3 is 2.52 bits per heavy atom. The quantitative estimate of drug-likeness (QED) is 0.843. The molecule has 0 heterocycles. The maximum atomic E-state index is 11.8. The van der Waals surface area contributed by atoms with Crippen molar-refractivity contribution in [3.8, 4) is 5.75 Å². The van der Waals surface area contributed by atoms with Gasteiger partial charge >= 0.3 is 0 Å². The number of benzene rings is 2. The molecule has 2 rings (SSSR count). The van der Waals surface area contributed by atoms with Crippen LogP contribution in [0.4, 0.5) is 5.69 Å². The summed E-state index contributed by atoms with van der Waals surface area (Å²) in [6.45, 7) is 0. The highest BCUT2D eigenvalue weighted by molar-refractivity contribution is 9.10. The van der Waals surface area contributed by atoms with Gasteiger partial charge in [-0.1, -0.05) is 27.5 Å². The number of nitrogens with two attached hydrogens (primary N) is 1. The maximum absolute atomic E-state index is 11.8. The van der Waals surface area contributed by atoms with Crippen molar-refractivity contribution in [2.75, 3.05) is 12.4 Å². The van der Waals surface area contributed by atoms with E-state index in [0.717, 1.165) is 15.9 Å². The molecule has 0 saturated heterocycles. The molecule has 0 aliphatic carbocycles. The monoisotopic (exact) mass is 368 g/mol. The van der Waals surface area contributed by atoms with E-state index in [0.29, 0.717) is 10.6 Å². The van der Waals surface area contributed by atoms with Crippen LogP contribution >= 0.6 is 27.5 Å². The van der Waals surface area contributed by atoms with Gasteiger partial charge in [0.05, 0.1) is 7.11 Å². The molecule has 4 nitrogen and oxygen atoms in total. The first kappa shape index (κ1) is 15.7. The molecule has 2 aromatic rings. The molecule has 21 heavy (non-hydrogen) atoms. The van der Waals surface area contributed by atoms with Gasteiger partial charge in [0.1, 0.15) is 11.8 Å². The molecule has 6 heteroatoms. The molecule has 0 fully saturated rings. The molecule has 0 spiro atoms. The smallest absolute Gasteiger partial charge is 0.244 e. The van der Waals surface area contributed by atoms with Crippen LogP contribution < -0.4 is 15.8 Å². The van der Waals surface area contributed by atoms with Crippen molar-refractivity contribution in [2.45, 2.75) is 6.04 Å². The molecule has 1 amide bonds. The number of ether oxygens (including phenoxy) is 1. The lowest BCUT2D eigenvalue weighted by Gasteiger charge is -2.19. The topological polar surface area (TPSA) is 64.3 Å². The Morgan fingerprint density at radius 2 is 1.95 bits per heavy atom. The average Bonchev–Trinajstić information content (AvgIpc) is 2.48. The van der Waals surface area contributed by atoms with E-state index < -0.39 is 11.9 Å². The fraction of sp³-hybridized carbons (Fsp3) is 0.133. The van der Waals surface area contributed by atoms with Crippen molar-refractivity contribution in [1.29, 1.82) is 0 Å². The van der Waals surface area contributed by atoms with Crippen LogP contribution in [0.3, 0.4) is 0 Å². The molecule has 0 aliphatic rings. The number of methoxy groups -OCH3 is 1. The number of amides is 1. The Morgan fingerprint density at radius 1 is 1.29 bits per heavy atom. The second-order valence-electron chi connectivity index (χ2n) is 4.37. The summed E-state index contributed by atoms with van der Waals surface area (Å²) in [5.74, 6) is 0.244. The molecule has 0 radical (unpaired) electrons. The van der Waals surface area contributed by atoms with Gasteiger partial charge in [-0.15, -0.1) is 0 Å². The Balaban J connectivity index is 2.30. The molecule has 1 atom stereocenters. The van der Waals surface area contributed by atoms with E-state index in [2.05, 4.69) is 21.2 Å². The number of carbonyl (C=O) groups is 1. The van der Waals surface area contributed by atoms with E-state index in [4.69, 9.17) is 22.1 Å². The zero-order valence-electron chi connectivity index (χ0n) is 11.3. The van der Waals surface area contributed by atoms with Crippen LogP contribution in [0.15, 0.2) is 46.9 Å². The van der Waals surface area contributed by atoms with Gasteiger partial charge in [-0.2, -0.15) is 0 Å². The van der Waals surface area contributed by atoms with Gasteiger partial charge in [0.15, 0.2) is 0 Å². The normalized spacial score (nSPS) is 11.8. The van der Waals surface area contributed by atoms with E-state index in [1.807, 2.05) is 12.1 Å². The molecule has 0 aromatic heterocycles. The lowest BCUT2D eigenvalue weighted by atomic mass is 10.1. The van der Waals surface area contributed by atoms with Gasteiger partial charge in [0.25, 0.3) is 0 Å². The van der Waals surface area contributed by atoms with Gasteiger partial charge in [0, 0.05) is 15.2 Å². The Kier molecular flexibility index (Phi) is 5.09. The van der Waals surface area contributed by atoms with Crippen LogP contribution in [0.5, 0.6) is 5.75 Å². The summed E-state index contributed by atoms with van der Waals surface area (Å²) in [6, 6.07) is 11.8. The number of nitrogens with one attached hydrogen (secondary N) is 1. The first-order chi connectivity index (χ1) is 10.0. The van der Waals surface area contributed by atoms with Crippen molar-refractivity contribution >= 4 is 39.1 Å². The van der Waals surface area contributed by atoms with Crippen LogP contribution in [0, 0.1) is 0 Å². The highest BCUT2D eigenvalue weighted by Gasteiger charge is 2.20. The van der Waals surface area contributed by atoms with Gasteiger partial charge in [-0.3, -0.25) is 4.79 Å². The van der Waals surface area contributed by atoms with E-state index >= 15 is 0 Å². The third-order valence-corrected chi connectivity index (χ3v) is 3.91. The molecule has 3 N–H and O–H groups in total. The summed E-state index contributed by atoms with van der Waals surface area (Å²) in [5, 5.41) is 3.63. The summed E-state index contributed by atoms with van der Waals surface area (Å²) in [7, 11) is 1.59. The highest BCUT2D eigenvalue weighted by atomic mass is 79.9. The largest absolute Gasteiger partial charge is 0.497 e. The van der Waals surface area contributed by atoms with Crippen molar-refractivity contribution in [3.05, 3.63) is 57.5 Å². The van der Waals surface area contributed by atoms with Crippen molar-refractivity contribution in [3.63, 3.8) is 0 Å². The molecular formula is C15H14BrClN2O2. The lowest BCUT2D eigenvalue weighted by molar-refractivity contribution is -0.118. The predicted molar refractivity (Wildman–Crippen MR) is 87.7 cm³/mol. The zero-order valence-corrected chi connectivity index (χ0v) is 13.6. The average molecular weight is 370 g/mol. The second kappa shape index (κ2) is 6.83. The van der Waals surface area contributed by atoms with E-state index in [1.54, 1.807) is 37.4 Å². The third kappa shape index (κ3) is 3.89. The van der Waals surface area contributed by atoms with Crippen LogP contribution in [0.25, 0.3) is 0 Å². The van der Waals surface area contributed by atoms with E-state index in [-0.39, 0.29) is 0 Å². The summed E-state index contributed by atoms with van der Waals surface area (Å²) in [6.07, 6.45) is 0. The summed E-state index contributed by atoms with van der Waals surface area (Å²) in [4.78, 5) is 11.8. The Labute approximate surface area is 136 Å². The van der Waals surface area contributed by atoms with Crippen LogP contribution in [-0.4, -0.2) is 13.0 Å². The van der Waals surface area contributed by atoms with E-state index in [1.165, 1.54) is 0 Å². The van der Waals surface area contributed by atoms with Gasteiger partial charge < -0.3 is 15.8 Å². The van der Waals surface area contributed by atoms with Crippen LogP contribution in [-0.2, 0) is 4.79 Å². The Bertz CT molecular complexity index is 647. The van der Waals surface area contributed by atoms with Crippen molar-refractivity contribution in [2.24, 2.45) is 5.73 Å². The maximum Gasteiger partial charge on any atom is 0.244 e. The number of rotatable bonds is 5. The molecule has 2 aromatic carbocycles. The van der Waals surface area contributed by atoms with Crippen molar-refractivity contribution in [1.82, 2.24) is 0 Å². The summed E-state index contributed by atoms with van der Waals surface area (Å²) < 4.78 is 5.86. The first-order valence-electron chi connectivity index (χ1n) is 6.16. The fourth-order valence-electron chi connectivity index (χ4n) is 1.89. The standard InChI is InChI=1S/C15H14BrClN2O2/c1-21-11-5-3-10(4-6-11)19-14(15(18)20)12-8-9(17)2-7-13(12)16/h2-8,14,19H,1H3,(H2,18,20). The number of anilines is 1. The lowest BCUT2D eigenvalue weighted by Crippen LogP contribution is -2.28. The first-order valence-corrected chi connectivity index (χ1v) is 7.33. The summed E-state index contributed by atoms with van der Waals surface area (Å²) in [5.41, 5.74) is 6.94. The molecule has 1 unspecified atom stereocenters. The predicted octanol–water partition coefficient (Wildman–Crippen LogP) is 3.75. The minimum absolute atomic E-state index is 0.492. The number of primary amides is 1. The highest BCUT2D eigenvalue weighted by Crippen LogP contribution is 2.29. The SMILES string of the molecule is COc1ccc(NC(C(N)=O)c2cc(Cl)ccc2Br)cc1. The van der Waals surface area contributed by atoms with E-state index in [9.17, 15) is 4.79 Å². The Hall–Kier alpha value is -1.72. The molecule has 110 valence electrons. The zero-order chi connectivity index (χ0) is 15.4. The van der Waals surface area contributed by atoms with Crippen LogP contribution in [0.1, 0.15) is 11.6 Å². The minimum Gasteiger partial charge on any atom is -0.497 e. The second-order valence-corrected chi connectivity index (χ2v) is 5.66. The van der Waals surface area contributed by atoms with Gasteiger partial charge in [-0.05, 0) is 48.0 Å². The number of hydrogen-bond acceptors (Lipinski definition) is 3.